The molecule has 0 aliphatic carbocycles. The van der Waals surface area contributed by atoms with Crippen LogP contribution in [0.5, 0.6) is 0 Å². The lowest BCUT2D eigenvalue weighted by Gasteiger charge is -2.34. The third-order valence-electron chi connectivity index (χ3n) is 2.67. The van der Waals surface area contributed by atoms with Crippen LogP contribution in [0.25, 0.3) is 0 Å². The molecule has 2 heteroatoms. The van der Waals surface area contributed by atoms with Gasteiger partial charge in [-0.3, -0.25) is 4.90 Å². The van der Waals surface area contributed by atoms with Gasteiger partial charge in [0.1, 0.15) is 0 Å². The Kier molecular flexibility index (Phi) is 7.20. The molecule has 0 saturated heterocycles. The van der Waals surface area contributed by atoms with Gasteiger partial charge in [-0.15, -0.1) is 0 Å². The van der Waals surface area contributed by atoms with Crippen molar-refractivity contribution in [3.8, 4) is 0 Å². The number of rotatable bonds is 7. The molecular weight excluding hydrogens is 174 g/mol. The third kappa shape index (κ3) is 6.39. The first-order chi connectivity index (χ1) is 6.52. The van der Waals surface area contributed by atoms with Gasteiger partial charge in [0.2, 0.25) is 0 Å². The molecule has 0 aliphatic heterocycles. The lowest BCUT2D eigenvalue weighted by Crippen LogP contribution is -2.41. The molecule has 0 radical (unpaired) electrons. The standard InChI is InChI=1S/C12H27NO/c1-5-13(12(2,3)4)10-8-6-7-9-11-14/h14H,5-11H2,1-4H3. The second kappa shape index (κ2) is 7.24. The molecule has 0 aromatic heterocycles. The molecule has 0 fully saturated rings. The molecule has 0 aromatic rings. The van der Waals surface area contributed by atoms with Crippen molar-refractivity contribution in [2.75, 3.05) is 19.7 Å². The fraction of sp³-hybridized carbons (Fsp3) is 1.00. The van der Waals surface area contributed by atoms with E-state index in [1.54, 1.807) is 0 Å². The van der Waals surface area contributed by atoms with Gasteiger partial charge in [0.05, 0.1) is 0 Å². The quantitative estimate of drug-likeness (QED) is 0.640. The molecule has 86 valence electrons. The molecule has 14 heavy (non-hydrogen) atoms. The maximum atomic E-state index is 8.64. The average Bonchev–Trinajstić information content (AvgIpc) is 2.09. The minimum absolute atomic E-state index is 0.297. The van der Waals surface area contributed by atoms with Crippen molar-refractivity contribution in [1.29, 1.82) is 0 Å². The summed E-state index contributed by atoms with van der Waals surface area (Å²) in [5, 5.41) is 8.64. The molecule has 0 saturated carbocycles. The topological polar surface area (TPSA) is 23.5 Å². The van der Waals surface area contributed by atoms with E-state index in [1.165, 1.54) is 19.4 Å². The molecule has 0 amide bonds. The predicted octanol–water partition coefficient (Wildman–Crippen LogP) is 2.66. The van der Waals surface area contributed by atoms with Crippen molar-refractivity contribution in [1.82, 2.24) is 4.90 Å². The lowest BCUT2D eigenvalue weighted by atomic mass is 10.1. The van der Waals surface area contributed by atoms with Crippen molar-refractivity contribution >= 4 is 0 Å². The van der Waals surface area contributed by atoms with E-state index in [9.17, 15) is 0 Å². The van der Waals surface area contributed by atoms with Gasteiger partial charge in [-0.2, -0.15) is 0 Å². The number of aliphatic hydroxyl groups excluding tert-OH is 1. The SMILES string of the molecule is CCN(CCCCCCO)C(C)(C)C. The zero-order valence-electron chi connectivity index (χ0n) is 10.3. The van der Waals surface area contributed by atoms with E-state index in [0.29, 0.717) is 12.1 Å². The summed E-state index contributed by atoms with van der Waals surface area (Å²) in [6.45, 7) is 11.7. The van der Waals surface area contributed by atoms with Crippen molar-refractivity contribution in [2.45, 2.75) is 58.9 Å². The van der Waals surface area contributed by atoms with E-state index in [4.69, 9.17) is 5.11 Å². The van der Waals surface area contributed by atoms with Crippen LogP contribution in [-0.2, 0) is 0 Å². The summed E-state index contributed by atoms with van der Waals surface area (Å²) in [6, 6.07) is 0. The molecule has 0 bridgehead atoms. The van der Waals surface area contributed by atoms with Crippen LogP contribution >= 0.6 is 0 Å². The Morgan fingerprint density at radius 2 is 1.57 bits per heavy atom. The van der Waals surface area contributed by atoms with Gasteiger partial charge in [0.15, 0.2) is 0 Å². The highest BCUT2D eigenvalue weighted by molar-refractivity contribution is 4.74. The molecule has 0 spiro atoms. The van der Waals surface area contributed by atoms with E-state index >= 15 is 0 Å². The van der Waals surface area contributed by atoms with E-state index in [1.807, 2.05) is 0 Å². The van der Waals surface area contributed by atoms with Crippen LogP contribution in [0, 0.1) is 0 Å². The fourth-order valence-corrected chi connectivity index (χ4v) is 1.74. The first kappa shape index (κ1) is 13.9. The van der Waals surface area contributed by atoms with Crippen molar-refractivity contribution in [3.63, 3.8) is 0 Å². The Bertz CT molecular complexity index is 129. The molecule has 1 N–H and O–H groups in total. The van der Waals surface area contributed by atoms with E-state index in [2.05, 4.69) is 32.6 Å². The van der Waals surface area contributed by atoms with Crippen LogP contribution < -0.4 is 0 Å². The maximum absolute atomic E-state index is 8.64. The molecule has 0 rings (SSSR count). The highest BCUT2D eigenvalue weighted by Crippen LogP contribution is 2.14. The first-order valence-corrected chi connectivity index (χ1v) is 5.88. The van der Waals surface area contributed by atoms with Gasteiger partial charge in [-0.05, 0) is 46.7 Å². The number of nitrogens with zero attached hydrogens (tertiary/aromatic N) is 1. The van der Waals surface area contributed by atoms with Crippen LogP contribution in [0.15, 0.2) is 0 Å². The van der Waals surface area contributed by atoms with E-state index in [0.717, 1.165) is 19.4 Å². The zero-order chi connectivity index (χ0) is 11.0. The van der Waals surface area contributed by atoms with Crippen LogP contribution in [-0.4, -0.2) is 35.2 Å². The predicted molar refractivity (Wildman–Crippen MR) is 62.6 cm³/mol. The minimum atomic E-state index is 0.297. The molecule has 2 nitrogen and oxygen atoms in total. The van der Waals surface area contributed by atoms with Crippen molar-refractivity contribution in [2.24, 2.45) is 0 Å². The summed E-state index contributed by atoms with van der Waals surface area (Å²) >= 11 is 0. The maximum Gasteiger partial charge on any atom is 0.0431 e. The Balaban J connectivity index is 3.54. The van der Waals surface area contributed by atoms with Gasteiger partial charge in [0.25, 0.3) is 0 Å². The highest BCUT2D eigenvalue weighted by atomic mass is 16.2. The summed E-state index contributed by atoms with van der Waals surface area (Å²) < 4.78 is 0. The molecule has 0 aromatic carbocycles. The second-order valence-corrected chi connectivity index (χ2v) is 4.89. The summed E-state index contributed by atoms with van der Waals surface area (Å²) in [4.78, 5) is 2.51. The molecule has 0 atom stereocenters. The Hall–Kier alpha value is -0.0800. The number of hydrogen-bond donors (Lipinski definition) is 1. The molecule has 0 heterocycles. The summed E-state index contributed by atoms with van der Waals surface area (Å²) in [7, 11) is 0. The Labute approximate surface area is 89.3 Å². The normalized spacial score (nSPS) is 12.4. The van der Waals surface area contributed by atoms with E-state index < -0.39 is 0 Å². The van der Waals surface area contributed by atoms with Crippen LogP contribution in [0.2, 0.25) is 0 Å². The first-order valence-electron chi connectivity index (χ1n) is 5.88. The van der Waals surface area contributed by atoms with Gasteiger partial charge in [-0.1, -0.05) is 19.8 Å². The minimum Gasteiger partial charge on any atom is -0.396 e. The van der Waals surface area contributed by atoms with Crippen LogP contribution in [0.4, 0.5) is 0 Å². The number of aliphatic hydroxyl groups is 1. The Morgan fingerprint density at radius 3 is 2.00 bits per heavy atom. The molecule has 0 aliphatic rings. The number of hydrogen-bond acceptors (Lipinski definition) is 2. The molecular formula is C12H27NO. The van der Waals surface area contributed by atoms with Gasteiger partial charge >= 0.3 is 0 Å². The Morgan fingerprint density at radius 1 is 1.00 bits per heavy atom. The smallest absolute Gasteiger partial charge is 0.0431 e. The summed E-state index contributed by atoms with van der Waals surface area (Å²) in [6.07, 6.45) is 4.62. The highest BCUT2D eigenvalue weighted by Gasteiger charge is 2.18. The van der Waals surface area contributed by atoms with Crippen LogP contribution in [0.1, 0.15) is 53.4 Å². The van der Waals surface area contributed by atoms with Crippen LogP contribution in [0.3, 0.4) is 0 Å². The van der Waals surface area contributed by atoms with Gasteiger partial charge < -0.3 is 5.11 Å². The van der Waals surface area contributed by atoms with Gasteiger partial charge in [0, 0.05) is 12.1 Å². The summed E-state index contributed by atoms with van der Waals surface area (Å²) in [5.41, 5.74) is 0.297. The molecule has 0 unspecified atom stereocenters. The largest absolute Gasteiger partial charge is 0.396 e. The number of unbranched alkanes of at least 4 members (excludes halogenated alkanes) is 3. The van der Waals surface area contributed by atoms with Gasteiger partial charge in [-0.25, -0.2) is 0 Å². The monoisotopic (exact) mass is 201 g/mol. The van der Waals surface area contributed by atoms with Crippen molar-refractivity contribution < 1.29 is 5.11 Å². The lowest BCUT2D eigenvalue weighted by molar-refractivity contribution is 0.141. The van der Waals surface area contributed by atoms with Crippen molar-refractivity contribution in [3.05, 3.63) is 0 Å². The average molecular weight is 201 g/mol. The van der Waals surface area contributed by atoms with E-state index in [-0.39, 0.29) is 0 Å². The zero-order valence-corrected chi connectivity index (χ0v) is 10.3. The fourth-order valence-electron chi connectivity index (χ4n) is 1.74. The second-order valence-electron chi connectivity index (χ2n) is 4.89. The third-order valence-corrected chi connectivity index (χ3v) is 2.67. The summed E-state index contributed by atoms with van der Waals surface area (Å²) in [5.74, 6) is 0.